The normalized spacial score (nSPS) is 20.0. The molecule has 24 heavy (non-hydrogen) atoms. The lowest BCUT2D eigenvalue weighted by Crippen LogP contribution is -2.44. The van der Waals surface area contributed by atoms with E-state index in [0.29, 0.717) is 38.4 Å². The minimum atomic E-state index is -0.00545. The number of aromatic nitrogens is 1. The number of amides is 2. The smallest absolute Gasteiger partial charge is 0.272 e. The van der Waals surface area contributed by atoms with Gasteiger partial charge >= 0.3 is 0 Å². The number of carbonyl (C=O) groups excluding carboxylic acids is 2. The maximum absolute atomic E-state index is 12.6. The molecule has 0 atom stereocenters. The average Bonchev–Trinajstić information content (AvgIpc) is 2.88. The Labute approximate surface area is 142 Å². The van der Waals surface area contributed by atoms with Crippen molar-refractivity contribution < 1.29 is 14.3 Å². The lowest BCUT2D eigenvalue weighted by Gasteiger charge is -2.38. The zero-order valence-corrected chi connectivity index (χ0v) is 14.5. The average molecular weight is 331 g/mol. The van der Waals surface area contributed by atoms with Crippen molar-refractivity contribution in [1.29, 1.82) is 0 Å². The van der Waals surface area contributed by atoms with E-state index in [1.165, 1.54) is 0 Å². The number of methoxy groups -OCH3 is 1. The summed E-state index contributed by atoms with van der Waals surface area (Å²) >= 11 is 0. The fourth-order valence-electron chi connectivity index (χ4n) is 3.73. The second kappa shape index (κ2) is 6.89. The first-order valence-corrected chi connectivity index (χ1v) is 8.53. The highest BCUT2D eigenvalue weighted by Gasteiger charge is 2.45. The van der Waals surface area contributed by atoms with E-state index in [2.05, 4.69) is 4.98 Å². The van der Waals surface area contributed by atoms with Crippen LogP contribution in [-0.4, -0.2) is 66.5 Å². The zero-order valence-electron chi connectivity index (χ0n) is 14.5. The van der Waals surface area contributed by atoms with Gasteiger partial charge in [-0.15, -0.1) is 0 Å². The van der Waals surface area contributed by atoms with Crippen molar-refractivity contribution in [2.75, 3.05) is 39.9 Å². The van der Waals surface area contributed by atoms with E-state index in [0.717, 1.165) is 25.1 Å². The summed E-state index contributed by atoms with van der Waals surface area (Å²) in [6.45, 7) is 5.30. The van der Waals surface area contributed by atoms with Gasteiger partial charge in [-0.1, -0.05) is 6.07 Å². The fraction of sp³-hybridized carbons (Fsp3) is 0.611. The van der Waals surface area contributed by atoms with E-state index in [1.807, 2.05) is 28.9 Å². The van der Waals surface area contributed by atoms with Crippen molar-refractivity contribution in [3.63, 3.8) is 0 Å². The Morgan fingerprint density at radius 3 is 2.75 bits per heavy atom. The summed E-state index contributed by atoms with van der Waals surface area (Å²) in [6.07, 6.45) is 2.35. The SMILES string of the molecule is COCCN1CC2(CCN(C(=O)c3cccc(C)n3)CC2)CC1=O. The topological polar surface area (TPSA) is 62.7 Å². The van der Waals surface area contributed by atoms with Gasteiger partial charge in [0.05, 0.1) is 6.61 Å². The Kier molecular flexibility index (Phi) is 4.85. The lowest BCUT2D eigenvalue weighted by molar-refractivity contribution is -0.128. The van der Waals surface area contributed by atoms with Crippen LogP contribution in [0.1, 0.15) is 35.4 Å². The summed E-state index contributed by atoms with van der Waals surface area (Å²) in [5.41, 5.74) is 1.39. The van der Waals surface area contributed by atoms with Gasteiger partial charge in [-0.2, -0.15) is 0 Å². The maximum atomic E-state index is 12.6. The van der Waals surface area contributed by atoms with Crippen molar-refractivity contribution >= 4 is 11.8 Å². The van der Waals surface area contributed by atoms with Gasteiger partial charge in [-0.05, 0) is 31.9 Å². The number of likely N-dealkylation sites (tertiary alicyclic amines) is 2. The van der Waals surface area contributed by atoms with Gasteiger partial charge < -0.3 is 14.5 Å². The van der Waals surface area contributed by atoms with Gasteiger partial charge in [0.15, 0.2) is 0 Å². The lowest BCUT2D eigenvalue weighted by atomic mass is 9.77. The molecule has 0 radical (unpaired) electrons. The van der Waals surface area contributed by atoms with Crippen LogP contribution in [0.2, 0.25) is 0 Å². The van der Waals surface area contributed by atoms with Crippen LogP contribution in [0.3, 0.4) is 0 Å². The molecular formula is C18H25N3O3. The second-order valence-electron chi connectivity index (χ2n) is 6.94. The summed E-state index contributed by atoms with van der Waals surface area (Å²) in [7, 11) is 1.65. The molecule has 0 N–H and O–H groups in total. The van der Waals surface area contributed by atoms with E-state index in [9.17, 15) is 9.59 Å². The second-order valence-corrected chi connectivity index (χ2v) is 6.94. The number of aryl methyl sites for hydroxylation is 1. The fourth-order valence-corrected chi connectivity index (χ4v) is 3.73. The van der Waals surface area contributed by atoms with Crippen molar-refractivity contribution in [3.8, 4) is 0 Å². The van der Waals surface area contributed by atoms with Crippen LogP contribution < -0.4 is 0 Å². The molecule has 2 aliphatic heterocycles. The largest absolute Gasteiger partial charge is 0.383 e. The third-order valence-electron chi connectivity index (χ3n) is 5.19. The molecule has 1 spiro atoms. The van der Waals surface area contributed by atoms with E-state index in [1.54, 1.807) is 13.2 Å². The number of carbonyl (C=O) groups is 2. The van der Waals surface area contributed by atoms with Gasteiger partial charge in [0, 0.05) is 50.8 Å². The molecule has 3 rings (SSSR count). The standard InChI is InChI=1S/C18H25N3O3/c1-14-4-3-5-15(19-14)17(23)20-8-6-18(7-9-20)12-16(22)21(13-18)10-11-24-2/h3-5H,6-13H2,1-2H3. The molecule has 1 aromatic rings. The monoisotopic (exact) mass is 331 g/mol. The molecule has 0 aromatic carbocycles. The number of ether oxygens (including phenoxy) is 1. The minimum Gasteiger partial charge on any atom is -0.383 e. The highest BCUT2D eigenvalue weighted by atomic mass is 16.5. The first-order chi connectivity index (χ1) is 11.5. The maximum Gasteiger partial charge on any atom is 0.272 e. The van der Waals surface area contributed by atoms with Crippen molar-refractivity contribution in [3.05, 3.63) is 29.6 Å². The third-order valence-corrected chi connectivity index (χ3v) is 5.19. The predicted octanol–water partition coefficient (Wildman–Crippen LogP) is 1.49. The van der Waals surface area contributed by atoms with Crippen LogP contribution in [0.15, 0.2) is 18.2 Å². The van der Waals surface area contributed by atoms with Crippen LogP contribution in [0.5, 0.6) is 0 Å². The number of rotatable bonds is 4. The summed E-state index contributed by atoms with van der Waals surface area (Å²) in [6, 6.07) is 5.52. The molecular weight excluding hydrogens is 306 g/mol. The van der Waals surface area contributed by atoms with Crippen LogP contribution >= 0.6 is 0 Å². The highest BCUT2D eigenvalue weighted by molar-refractivity contribution is 5.92. The molecule has 2 amide bonds. The number of pyridine rings is 1. The first-order valence-electron chi connectivity index (χ1n) is 8.53. The summed E-state index contributed by atoms with van der Waals surface area (Å²) < 4.78 is 5.08. The molecule has 0 bridgehead atoms. The van der Waals surface area contributed by atoms with E-state index in [4.69, 9.17) is 4.74 Å². The Bertz CT molecular complexity index is 624. The molecule has 6 nitrogen and oxygen atoms in total. The van der Waals surface area contributed by atoms with Crippen molar-refractivity contribution in [2.45, 2.75) is 26.2 Å². The molecule has 0 aliphatic carbocycles. The molecule has 2 fully saturated rings. The minimum absolute atomic E-state index is 0.00545. The summed E-state index contributed by atoms with van der Waals surface area (Å²) in [4.78, 5) is 32.9. The van der Waals surface area contributed by atoms with Crippen LogP contribution in [0.25, 0.3) is 0 Å². The van der Waals surface area contributed by atoms with Gasteiger partial charge in [0.25, 0.3) is 5.91 Å². The number of nitrogens with zero attached hydrogens (tertiary/aromatic N) is 3. The van der Waals surface area contributed by atoms with Gasteiger partial charge in [0.2, 0.25) is 5.91 Å². The van der Waals surface area contributed by atoms with Crippen molar-refractivity contribution in [2.24, 2.45) is 5.41 Å². The molecule has 2 aliphatic rings. The Morgan fingerprint density at radius 1 is 1.33 bits per heavy atom. The van der Waals surface area contributed by atoms with E-state index >= 15 is 0 Å². The van der Waals surface area contributed by atoms with Crippen molar-refractivity contribution in [1.82, 2.24) is 14.8 Å². The van der Waals surface area contributed by atoms with Gasteiger partial charge in [-0.3, -0.25) is 9.59 Å². The molecule has 6 heteroatoms. The Morgan fingerprint density at radius 2 is 2.08 bits per heavy atom. The summed E-state index contributed by atoms with van der Waals surface area (Å²) in [5.74, 6) is 0.210. The highest BCUT2D eigenvalue weighted by Crippen LogP contribution is 2.41. The first kappa shape index (κ1) is 16.9. The molecule has 2 saturated heterocycles. The number of hydrogen-bond donors (Lipinski definition) is 0. The molecule has 1 aromatic heterocycles. The number of piperidine rings is 1. The predicted molar refractivity (Wildman–Crippen MR) is 89.6 cm³/mol. The Balaban J connectivity index is 1.60. The van der Waals surface area contributed by atoms with Crippen LogP contribution in [0, 0.1) is 12.3 Å². The summed E-state index contributed by atoms with van der Waals surface area (Å²) in [5, 5.41) is 0. The Hall–Kier alpha value is -1.95. The van der Waals surface area contributed by atoms with Gasteiger partial charge in [0.1, 0.15) is 5.69 Å². The van der Waals surface area contributed by atoms with Gasteiger partial charge in [-0.25, -0.2) is 4.98 Å². The van der Waals surface area contributed by atoms with E-state index in [-0.39, 0.29) is 17.2 Å². The molecule has 0 unspecified atom stereocenters. The third kappa shape index (κ3) is 3.43. The van der Waals surface area contributed by atoms with Crippen LogP contribution in [0.4, 0.5) is 0 Å². The molecule has 3 heterocycles. The number of hydrogen-bond acceptors (Lipinski definition) is 4. The molecule has 130 valence electrons. The van der Waals surface area contributed by atoms with E-state index < -0.39 is 0 Å². The zero-order chi connectivity index (χ0) is 17.2. The quantitative estimate of drug-likeness (QED) is 0.839. The van der Waals surface area contributed by atoms with Crippen LogP contribution in [-0.2, 0) is 9.53 Å². The molecule has 0 saturated carbocycles.